The third kappa shape index (κ3) is 5.40. The lowest BCUT2D eigenvalue weighted by molar-refractivity contribution is -0.117. The molecule has 172 valence electrons. The standard InChI is InChI=1S/C22H27ClN4O4S/c1-14-18(22(30)31-4)20(32-19(14)21(29)25(2)3)24-17(28)13-26-9-11-27(12-10-26)16-7-5-15(23)6-8-16/h5-8H,9-13H2,1-4H3,(H,24,28). The second-order valence-corrected chi connectivity index (χ2v) is 9.20. The van der Waals surface area contributed by atoms with E-state index in [9.17, 15) is 14.4 Å². The number of rotatable bonds is 6. The summed E-state index contributed by atoms with van der Waals surface area (Å²) in [5.74, 6) is -1.04. The van der Waals surface area contributed by atoms with Crippen LogP contribution in [0.3, 0.4) is 0 Å². The number of ether oxygens (including phenoxy) is 1. The normalized spacial score (nSPS) is 14.2. The van der Waals surface area contributed by atoms with Crippen LogP contribution in [-0.2, 0) is 9.53 Å². The molecule has 32 heavy (non-hydrogen) atoms. The number of nitrogens with one attached hydrogen (secondary N) is 1. The number of carbonyl (C=O) groups excluding carboxylic acids is 3. The molecule has 0 radical (unpaired) electrons. The number of piperazine rings is 1. The average Bonchev–Trinajstić information content (AvgIpc) is 3.09. The van der Waals surface area contributed by atoms with E-state index in [1.54, 1.807) is 21.0 Å². The van der Waals surface area contributed by atoms with Crippen molar-refractivity contribution in [3.05, 3.63) is 45.3 Å². The first-order chi connectivity index (χ1) is 15.2. The fourth-order valence-electron chi connectivity index (χ4n) is 3.54. The molecule has 0 unspecified atom stereocenters. The highest BCUT2D eigenvalue weighted by Gasteiger charge is 2.27. The molecule has 10 heteroatoms. The number of hydrogen-bond acceptors (Lipinski definition) is 7. The molecule has 1 saturated heterocycles. The second-order valence-electron chi connectivity index (χ2n) is 7.74. The van der Waals surface area contributed by atoms with Gasteiger partial charge in [-0.3, -0.25) is 14.5 Å². The number of methoxy groups -OCH3 is 1. The van der Waals surface area contributed by atoms with Gasteiger partial charge in [0, 0.05) is 51.0 Å². The zero-order chi connectivity index (χ0) is 23.4. The summed E-state index contributed by atoms with van der Waals surface area (Å²) in [4.78, 5) is 43.7. The van der Waals surface area contributed by atoms with Crippen LogP contribution < -0.4 is 10.2 Å². The van der Waals surface area contributed by atoms with Gasteiger partial charge in [0.05, 0.1) is 24.1 Å². The first kappa shape index (κ1) is 24.0. The molecule has 1 aliphatic heterocycles. The third-order valence-corrected chi connectivity index (χ3v) is 6.77. The predicted molar refractivity (Wildman–Crippen MR) is 127 cm³/mol. The molecule has 0 aliphatic carbocycles. The van der Waals surface area contributed by atoms with Crippen LogP contribution in [0.1, 0.15) is 25.6 Å². The van der Waals surface area contributed by atoms with Gasteiger partial charge in [0.25, 0.3) is 5.91 Å². The molecule has 2 amide bonds. The average molecular weight is 479 g/mol. The largest absolute Gasteiger partial charge is 0.465 e. The maximum atomic E-state index is 12.7. The Bertz CT molecular complexity index is 998. The van der Waals surface area contributed by atoms with Gasteiger partial charge in [-0.1, -0.05) is 11.6 Å². The van der Waals surface area contributed by atoms with Gasteiger partial charge in [-0.15, -0.1) is 11.3 Å². The van der Waals surface area contributed by atoms with Gasteiger partial charge >= 0.3 is 5.97 Å². The zero-order valence-corrected chi connectivity index (χ0v) is 20.2. The molecule has 0 atom stereocenters. The Morgan fingerprint density at radius 1 is 1.12 bits per heavy atom. The number of carbonyl (C=O) groups is 3. The van der Waals surface area contributed by atoms with Crippen LogP contribution >= 0.6 is 22.9 Å². The summed E-state index contributed by atoms with van der Waals surface area (Å²) in [6.07, 6.45) is 0. The quantitative estimate of drug-likeness (QED) is 0.643. The molecule has 0 saturated carbocycles. The van der Waals surface area contributed by atoms with Crippen molar-refractivity contribution in [2.24, 2.45) is 0 Å². The van der Waals surface area contributed by atoms with E-state index in [-0.39, 0.29) is 23.9 Å². The Balaban J connectivity index is 1.64. The molecule has 1 aliphatic rings. The summed E-state index contributed by atoms with van der Waals surface area (Å²) in [6.45, 7) is 4.93. The lowest BCUT2D eigenvalue weighted by atomic mass is 10.1. The molecule has 1 N–H and O–H groups in total. The Kier molecular flexibility index (Phi) is 7.76. The number of anilines is 2. The zero-order valence-electron chi connectivity index (χ0n) is 18.6. The van der Waals surface area contributed by atoms with E-state index in [1.165, 1.54) is 12.0 Å². The molecular formula is C22H27ClN4O4S. The van der Waals surface area contributed by atoms with Crippen molar-refractivity contribution in [3.63, 3.8) is 0 Å². The topological polar surface area (TPSA) is 82.2 Å². The van der Waals surface area contributed by atoms with Crippen molar-refractivity contribution in [1.29, 1.82) is 0 Å². The Hall–Kier alpha value is -2.62. The minimum Gasteiger partial charge on any atom is -0.465 e. The summed E-state index contributed by atoms with van der Waals surface area (Å²) >= 11 is 7.05. The number of hydrogen-bond donors (Lipinski definition) is 1. The number of amides is 2. The number of halogens is 1. The van der Waals surface area contributed by atoms with Gasteiger partial charge in [0.15, 0.2) is 0 Å². The molecule has 1 aromatic heterocycles. The van der Waals surface area contributed by atoms with Crippen molar-refractivity contribution >= 4 is 51.4 Å². The van der Waals surface area contributed by atoms with E-state index in [0.717, 1.165) is 43.2 Å². The van der Waals surface area contributed by atoms with Crippen LogP contribution in [0.4, 0.5) is 10.7 Å². The maximum absolute atomic E-state index is 12.7. The maximum Gasteiger partial charge on any atom is 0.341 e. The van der Waals surface area contributed by atoms with Gasteiger partial charge in [-0.25, -0.2) is 4.79 Å². The highest BCUT2D eigenvalue weighted by molar-refractivity contribution is 7.18. The van der Waals surface area contributed by atoms with Gasteiger partial charge < -0.3 is 19.9 Å². The third-order valence-electron chi connectivity index (χ3n) is 5.32. The van der Waals surface area contributed by atoms with Crippen molar-refractivity contribution in [2.45, 2.75) is 6.92 Å². The first-order valence-corrected chi connectivity index (χ1v) is 11.4. The monoisotopic (exact) mass is 478 g/mol. The minimum absolute atomic E-state index is 0.197. The predicted octanol–water partition coefficient (Wildman–Crippen LogP) is 2.96. The summed E-state index contributed by atoms with van der Waals surface area (Å²) in [6, 6.07) is 7.72. The van der Waals surface area contributed by atoms with E-state index in [4.69, 9.17) is 16.3 Å². The van der Waals surface area contributed by atoms with Crippen LogP contribution in [0.15, 0.2) is 24.3 Å². The summed E-state index contributed by atoms with van der Waals surface area (Å²) in [5, 5.41) is 3.86. The summed E-state index contributed by atoms with van der Waals surface area (Å²) < 4.78 is 4.87. The fraction of sp³-hybridized carbons (Fsp3) is 0.409. The van der Waals surface area contributed by atoms with Gasteiger partial charge in [0.1, 0.15) is 5.00 Å². The minimum atomic E-state index is -0.580. The van der Waals surface area contributed by atoms with Gasteiger partial charge in [0.2, 0.25) is 5.91 Å². The van der Waals surface area contributed by atoms with Crippen LogP contribution in [0.5, 0.6) is 0 Å². The Morgan fingerprint density at radius 2 is 1.75 bits per heavy atom. The molecule has 2 aromatic rings. The molecule has 3 rings (SSSR count). The first-order valence-electron chi connectivity index (χ1n) is 10.2. The van der Waals surface area contributed by atoms with E-state index < -0.39 is 5.97 Å². The van der Waals surface area contributed by atoms with Crippen molar-refractivity contribution in [1.82, 2.24) is 9.80 Å². The van der Waals surface area contributed by atoms with Crippen molar-refractivity contribution in [3.8, 4) is 0 Å². The van der Waals surface area contributed by atoms with Crippen LogP contribution in [-0.4, -0.2) is 81.5 Å². The van der Waals surface area contributed by atoms with Crippen LogP contribution in [0, 0.1) is 6.92 Å². The molecule has 0 bridgehead atoms. The Labute approximate surface area is 196 Å². The van der Waals surface area contributed by atoms with Crippen LogP contribution in [0.2, 0.25) is 5.02 Å². The van der Waals surface area contributed by atoms with Crippen LogP contribution in [0.25, 0.3) is 0 Å². The summed E-state index contributed by atoms with van der Waals surface area (Å²) in [7, 11) is 4.56. The molecule has 1 fully saturated rings. The molecular weight excluding hydrogens is 452 g/mol. The SMILES string of the molecule is COC(=O)c1c(NC(=O)CN2CCN(c3ccc(Cl)cc3)CC2)sc(C(=O)N(C)C)c1C. The van der Waals surface area contributed by atoms with Crippen molar-refractivity contribution in [2.75, 3.05) is 64.1 Å². The summed E-state index contributed by atoms with van der Waals surface area (Å²) in [5.41, 5.74) is 1.84. The highest BCUT2D eigenvalue weighted by Crippen LogP contribution is 2.34. The van der Waals surface area contributed by atoms with Gasteiger partial charge in [-0.05, 0) is 36.8 Å². The number of thiophene rings is 1. The van der Waals surface area contributed by atoms with E-state index in [2.05, 4.69) is 15.1 Å². The molecule has 1 aromatic carbocycles. The lowest BCUT2D eigenvalue weighted by Gasteiger charge is -2.35. The highest BCUT2D eigenvalue weighted by atomic mass is 35.5. The van der Waals surface area contributed by atoms with E-state index in [0.29, 0.717) is 20.5 Å². The molecule has 0 spiro atoms. The van der Waals surface area contributed by atoms with Crippen molar-refractivity contribution < 1.29 is 19.1 Å². The molecule has 8 nitrogen and oxygen atoms in total. The smallest absolute Gasteiger partial charge is 0.341 e. The number of esters is 1. The number of nitrogens with zero attached hydrogens (tertiary/aromatic N) is 3. The fourth-order valence-corrected chi connectivity index (χ4v) is 4.90. The van der Waals surface area contributed by atoms with E-state index in [1.807, 2.05) is 24.3 Å². The van der Waals surface area contributed by atoms with Gasteiger partial charge in [-0.2, -0.15) is 0 Å². The molecule has 2 heterocycles. The Morgan fingerprint density at radius 3 is 2.31 bits per heavy atom. The second kappa shape index (κ2) is 10.3. The lowest BCUT2D eigenvalue weighted by Crippen LogP contribution is -2.48. The number of benzene rings is 1. The van der Waals surface area contributed by atoms with E-state index >= 15 is 0 Å².